The second-order valence-corrected chi connectivity index (χ2v) is 13.7. The monoisotopic (exact) mass is 641 g/mol. The molecule has 3 aromatic rings. The maximum Gasteiger partial charge on any atom is 0.374 e. The molecular formula is C29H35F2N2O8S2+. The number of hydrogen-bond acceptors (Lipinski definition) is 7. The fourth-order valence-corrected chi connectivity index (χ4v) is 6.71. The maximum absolute atomic E-state index is 14.2. The first kappa shape index (κ1) is 32.6. The van der Waals surface area contributed by atoms with Gasteiger partial charge in [0.15, 0.2) is 12.3 Å². The highest BCUT2D eigenvalue weighted by molar-refractivity contribution is 7.86. The molecular weight excluding hydrogens is 606 g/mol. The van der Waals surface area contributed by atoms with Gasteiger partial charge in [-0.3, -0.25) is 9.11 Å². The molecule has 0 saturated carbocycles. The van der Waals surface area contributed by atoms with Crippen LogP contribution in [-0.4, -0.2) is 43.0 Å². The van der Waals surface area contributed by atoms with Crippen LogP contribution in [0.3, 0.4) is 0 Å². The molecule has 4 rings (SSSR count). The smallest absolute Gasteiger partial charge is 0.374 e. The van der Waals surface area contributed by atoms with Crippen LogP contribution in [0.2, 0.25) is 0 Å². The van der Waals surface area contributed by atoms with E-state index in [0.717, 1.165) is 0 Å². The third-order valence-electron chi connectivity index (χ3n) is 7.51. The van der Waals surface area contributed by atoms with Crippen LogP contribution in [0.1, 0.15) is 58.8 Å². The first-order chi connectivity index (χ1) is 20.2. The molecule has 2 atom stereocenters. The number of anilines is 1. The largest absolute Gasteiger partial charge is 0.439 e. The lowest BCUT2D eigenvalue weighted by Crippen LogP contribution is -2.38. The average Bonchev–Trinajstić information content (AvgIpc) is 3.43. The van der Waals surface area contributed by atoms with E-state index < -0.39 is 42.4 Å². The van der Waals surface area contributed by atoms with Crippen LogP contribution >= 0.6 is 0 Å². The second kappa shape index (κ2) is 13.1. The van der Waals surface area contributed by atoms with Gasteiger partial charge in [0.1, 0.15) is 11.6 Å². The predicted octanol–water partition coefficient (Wildman–Crippen LogP) is 5.65. The van der Waals surface area contributed by atoms with E-state index in [2.05, 4.69) is 0 Å². The van der Waals surface area contributed by atoms with E-state index in [1.54, 1.807) is 35.5 Å². The normalized spacial score (nSPS) is 16.5. The maximum atomic E-state index is 14.2. The van der Waals surface area contributed by atoms with E-state index in [-0.39, 0.29) is 38.8 Å². The number of aryl methyl sites for hydroxylation is 1. The summed E-state index contributed by atoms with van der Waals surface area (Å²) >= 11 is 0. The summed E-state index contributed by atoms with van der Waals surface area (Å²) in [6, 6.07) is 7.98. The average molecular weight is 642 g/mol. The van der Waals surface area contributed by atoms with Gasteiger partial charge in [-0.1, -0.05) is 20.8 Å². The summed E-state index contributed by atoms with van der Waals surface area (Å²) in [5.74, 6) is -0.0526. The van der Waals surface area contributed by atoms with Crippen LogP contribution in [0.15, 0.2) is 58.3 Å². The van der Waals surface area contributed by atoms with Crippen molar-refractivity contribution in [2.45, 2.75) is 69.9 Å². The van der Waals surface area contributed by atoms with Crippen molar-refractivity contribution in [1.82, 2.24) is 0 Å². The molecule has 1 aliphatic heterocycles. The van der Waals surface area contributed by atoms with E-state index in [1.807, 2.05) is 6.92 Å². The van der Waals surface area contributed by atoms with E-state index in [4.69, 9.17) is 9.15 Å². The van der Waals surface area contributed by atoms with Crippen LogP contribution in [0.25, 0.3) is 17.2 Å². The van der Waals surface area contributed by atoms with Crippen molar-refractivity contribution in [3.63, 3.8) is 0 Å². The molecule has 0 aliphatic carbocycles. The molecule has 2 aromatic carbocycles. The minimum atomic E-state index is -4.29. The van der Waals surface area contributed by atoms with Crippen LogP contribution < -0.4 is 14.2 Å². The van der Waals surface area contributed by atoms with Crippen LogP contribution in [-0.2, 0) is 26.8 Å². The highest BCUT2D eigenvalue weighted by Gasteiger charge is 2.31. The Hall–Kier alpha value is -3.33. The molecule has 2 heterocycles. The number of nitrogens with zero attached hydrogens (tertiary/aromatic N) is 2. The zero-order chi connectivity index (χ0) is 31.5. The Kier molecular flexibility index (Phi) is 9.94. The van der Waals surface area contributed by atoms with Crippen molar-refractivity contribution in [2.24, 2.45) is 0 Å². The van der Waals surface area contributed by atoms with E-state index >= 15 is 0 Å². The molecule has 0 amide bonds. The number of rotatable bonds is 13. The van der Waals surface area contributed by atoms with Gasteiger partial charge in [0, 0.05) is 31.2 Å². The SMILES string of the molecule is CCC(/C=C1\Oc2ccc(F)cc2N1CCC(CC)S(=O)(=O)O)=C\c1oc2ccc(F)cc2[n+]1CCC(CC)S(=O)(=O)O. The Balaban J connectivity index is 1.74. The van der Waals surface area contributed by atoms with Crippen LogP contribution in [0.4, 0.5) is 14.5 Å². The topological polar surface area (TPSA) is 138 Å². The van der Waals surface area contributed by atoms with Gasteiger partial charge in [-0.15, -0.1) is 0 Å². The van der Waals surface area contributed by atoms with Gasteiger partial charge in [-0.05, 0) is 55.5 Å². The van der Waals surface area contributed by atoms with Gasteiger partial charge >= 0.3 is 5.89 Å². The van der Waals surface area contributed by atoms with Crippen LogP contribution in [0.5, 0.6) is 5.75 Å². The Bertz CT molecular complexity index is 1770. The second-order valence-electron chi connectivity index (χ2n) is 10.3. The Labute approximate surface area is 249 Å². The Morgan fingerprint density at radius 2 is 1.58 bits per heavy atom. The third kappa shape index (κ3) is 7.61. The molecule has 2 N–H and O–H groups in total. The van der Waals surface area contributed by atoms with Crippen molar-refractivity contribution in [3.05, 3.63) is 71.5 Å². The van der Waals surface area contributed by atoms with Gasteiger partial charge in [-0.2, -0.15) is 21.4 Å². The summed E-state index contributed by atoms with van der Waals surface area (Å²) in [5, 5.41) is -2.03. The zero-order valence-electron chi connectivity index (χ0n) is 24.0. The Morgan fingerprint density at radius 3 is 2.21 bits per heavy atom. The number of hydrogen-bond donors (Lipinski definition) is 2. The fraction of sp³-hybridized carbons (Fsp3) is 0.414. The van der Waals surface area contributed by atoms with Gasteiger partial charge in [0.25, 0.3) is 25.8 Å². The number of aromatic nitrogens is 1. The molecule has 10 nitrogen and oxygen atoms in total. The quantitative estimate of drug-likeness (QED) is 0.179. The molecule has 14 heteroatoms. The van der Waals surface area contributed by atoms with Gasteiger partial charge in [0.05, 0.1) is 22.3 Å². The number of benzene rings is 2. The number of halogens is 2. The minimum absolute atomic E-state index is 0.0542. The number of oxazole rings is 1. The summed E-state index contributed by atoms with van der Waals surface area (Å²) < 4.78 is 108. The van der Waals surface area contributed by atoms with Crippen molar-refractivity contribution in [2.75, 3.05) is 11.4 Å². The van der Waals surface area contributed by atoms with Gasteiger partial charge in [-0.25, -0.2) is 8.78 Å². The number of ether oxygens (including phenoxy) is 1. The van der Waals surface area contributed by atoms with E-state index in [1.165, 1.54) is 36.4 Å². The standard InChI is InChI=1S/C29H34F2N2O8S2/c1-4-19(15-28-32(13-11-22(5-2)42(34,35)36)24-17-20(30)7-9-26(24)40-28)16-29-33(14-12-23(6-3)43(37,38)39)25-18-21(31)8-10-27(25)41-29/h7-10,15-18,22-23H,4-6,11-14H2,1-3H3,(H-,34,35,36,37,38,39)/p+1. The van der Waals surface area contributed by atoms with Crippen molar-refractivity contribution in [3.8, 4) is 5.75 Å². The summed E-state index contributed by atoms with van der Waals surface area (Å²) in [4.78, 5) is 1.63. The number of fused-ring (bicyclic) bond motifs is 2. The van der Waals surface area contributed by atoms with Crippen LogP contribution in [0, 0.1) is 11.6 Å². The van der Waals surface area contributed by atoms with E-state index in [0.29, 0.717) is 46.3 Å². The first-order valence-corrected chi connectivity index (χ1v) is 17.0. The molecule has 0 spiro atoms. The molecule has 1 aliphatic rings. The zero-order valence-corrected chi connectivity index (χ0v) is 25.7. The van der Waals surface area contributed by atoms with Gasteiger partial charge < -0.3 is 14.1 Å². The summed E-state index contributed by atoms with van der Waals surface area (Å²) in [6.45, 7) is 5.38. The van der Waals surface area contributed by atoms with Crippen molar-refractivity contribution < 1.29 is 48.4 Å². The fourth-order valence-electron chi connectivity index (χ4n) is 5.06. The minimum Gasteiger partial charge on any atom is -0.439 e. The van der Waals surface area contributed by atoms with Crippen molar-refractivity contribution in [1.29, 1.82) is 0 Å². The summed E-state index contributed by atoms with van der Waals surface area (Å²) in [6.07, 6.45) is 4.33. The molecule has 2 unspecified atom stereocenters. The lowest BCUT2D eigenvalue weighted by molar-refractivity contribution is -0.678. The molecule has 43 heavy (non-hydrogen) atoms. The van der Waals surface area contributed by atoms with E-state index in [9.17, 15) is 34.7 Å². The highest BCUT2D eigenvalue weighted by Crippen LogP contribution is 2.40. The highest BCUT2D eigenvalue weighted by atomic mass is 32.2. The summed E-state index contributed by atoms with van der Waals surface area (Å²) in [5.41, 5.74) is 1.84. The Morgan fingerprint density at radius 1 is 0.953 bits per heavy atom. The number of allylic oxidation sites excluding steroid dienone is 2. The molecule has 0 radical (unpaired) electrons. The first-order valence-electron chi connectivity index (χ1n) is 14.0. The van der Waals surface area contributed by atoms with Crippen molar-refractivity contribution >= 4 is 43.1 Å². The molecule has 0 fully saturated rings. The predicted molar refractivity (Wildman–Crippen MR) is 158 cm³/mol. The third-order valence-corrected chi connectivity index (χ3v) is 10.3. The molecule has 0 saturated heterocycles. The molecule has 0 bridgehead atoms. The lowest BCUT2D eigenvalue weighted by atomic mass is 10.1. The molecule has 234 valence electrons. The summed E-state index contributed by atoms with van der Waals surface area (Å²) in [7, 11) is -8.58. The van der Waals surface area contributed by atoms with Gasteiger partial charge in [0.2, 0.25) is 11.5 Å². The molecule has 1 aromatic heterocycles. The lowest BCUT2D eigenvalue weighted by Gasteiger charge is -2.21.